The molecule has 0 spiro atoms. The number of hydrazine groups is 1. The molecule has 0 unspecified atom stereocenters. The van der Waals surface area contributed by atoms with E-state index in [1.807, 2.05) is 12.1 Å². The normalized spacial score (nSPS) is 14.8. The minimum Gasteiger partial charge on any atom is -0.331 e. The van der Waals surface area contributed by atoms with Gasteiger partial charge in [-0.2, -0.15) is 0 Å². The molecule has 0 radical (unpaired) electrons. The summed E-state index contributed by atoms with van der Waals surface area (Å²) in [5.41, 5.74) is 6.10. The molecule has 1 amide bonds. The molecule has 1 fully saturated rings. The van der Waals surface area contributed by atoms with Crippen LogP contribution in [-0.4, -0.2) is 11.0 Å². The Bertz CT molecular complexity index is 489. The molecular weight excluding hydrogens is 294 g/mol. The lowest BCUT2D eigenvalue weighted by molar-refractivity contribution is -0.122. The number of benzene rings is 1. The Balaban J connectivity index is 1.70. The van der Waals surface area contributed by atoms with Crippen LogP contribution in [0.3, 0.4) is 0 Å². The zero-order chi connectivity index (χ0) is 14.4. The quantitative estimate of drug-likeness (QED) is 0.592. The summed E-state index contributed by atoms with van der Waals surface area (Å²) in [4.78, 5) is 11.7. The molecule has 0 atom stereocenters. The lowest BCUT2D eigenvalue weighted by Crippen LogP contribution is -2.44. The summed E-state index contributed by atoms with van der Waals surface area (Å²) in [5.74, 6) is 0.499. The monoisotopic (exact) mass is 311 g/mol. The van der Waals surface area contributed by atoms with E-state index in [2.05, 4.69) is 16.2 Å². The summed E-state index contributed by atoms with van der Waals surface area (Å²) in [6.07, 6.45) is 5.34. The lowest BCUT2D eigenvalue weighted by Gasteiger charge is -2.13. The van der Waals surface area contributed by atoms with Gasteiger partial charge in [-0.1, -0.05) is 30.5 Å². The van der Waals surface area contributed by atoms with Gasteiger partial charge in [0.05, 0.1) is 0 Å². The van der Waals surface area contributed by atoms with Crippen molar-refractivity contribution in [2.45, 2.75) is 32.1 Å². The summed E-state index contributed by atoms with van der Waals surface area (Å²) in [6.45, 7) is 0. The highest BCUT2D eigenvalue weighted by molar-refractivity contribution is 7.80. The van der Waals surface area contributed by atoms with E-state index in [-0.39, 0.29) is 5.91 Å². The van der Waals surface area contributed by atoms with Crippen molar-refractivity contribution in [1.29, 1.82) is 0 Å². The second kappa shape index (κ2) is 7.45. The van der Waals surface area contributed by atoms with E-state index in [1.165, 1.54) is 12.8 Å². The first-order valence-corrected chi connectivity index (χ1v) is 7.53. The molecule has 0 heterocycles. The second-order valence-corrected chi connectivity index (χ2v) is 5.84. The molecule has 0 aliphatic heterocycles. The first-order valence-electron chi connectivity index (χ1n) is 6.75. The zero-order valence-corrected chi connectivity index (χ0v) is 12.7. The standard InChI is InChI=1S/C14H18ClN3OS/c15-11-6-3-7-12(9-11)16-14(20)18-17-13(19)8-10-4-1-2-5-10/h3,6-7,9-10H,1-2,4-5,8H2,(H,17,19)(H2,16,18,20). The summed E-state index contributed by atoms with van der Waals surface area (Å²) >= 11 is 11.0. The number of amides is 1. The van der Waals surface area contributed by atoms with Gasteiger partial charge in [-0.3, -0.25) is 15.6 Å². The number of rotatable bonds is 3. The van der Waals surface area contributed by atoms with Crippen LogP contribution in [0.4, 0.5) is 5.69 Å². The van der Waals surface area contributed by atoms with Crippen LogP contribution in [0.2, 0.25) is 5.02 Å². The molecule has 1 aliphatic rings. The first kappa shape index (κ1) is 15.1. The SMILES string of the molecule is O=C(CC1CCCC1)NNC(=S)Nc1cccc(Cl)c1. The van der Waals surface area contributed by atoms with E-state index in [4.69, 9.17) is 23.8 Å². The van der Waals surface area contributed by atoms with Crippen molar-refractivity contribution in [2.75, 3.05) is 5.32 Å². The highest BCUT2D eigenvalue weighted by atomic mass is 35.5. The number of carbonyl (C=O) groups is 1. The fourth-order valence-electron chi connectivity index (χ4n) is 2.38. The van der Waals surface area contributed by atoms with Crippen molar-refractivity contribution in [2.24, 2.45) is 5.92 Å². The van der Waals surface area contributed by atoms with Gasteiger partial charge in [0.2, 0.25) is 5.91 Å². The summed E-state index contributed by atoms with van der Waals surface area (Å²) in [5, 5.41) is 3.92. The third kappa shape index (κ3) is 4.98. The molecular formula is C14H18ClN3OS. The number of halogens is 1. The van der Waals surface area contributed by atoms with Crippen LogP contribution in [0.15, 0.2) is 24.3 Å². The van der Waals surface area contributed by atoms with Gasteiger partial charge in [-0.15, -0.1) is 0 Å². The Morgan fingerprint density at radius 1 is 1.30 bits per heavy atom. The smallest absolute Gasteiger partial charge is 0.238 e. The van der Waals surface area contributed by atoms with Crippen LogP contribution in [0.5, 0.6) is 0 Å². The lowest BCUT2D eigenvalue weighted by atomic mass is 10.0. The Labute approximate surface area is 129 Å². The van der Waals surface area contributed by atoms with Crippen molar-refractivity contribution in [3.63, 3.8) is 0 Å². The molecule has 0 aromatic heterocycles. The second-order valence-electron chi connectivity index (χ2n) is 4.99. The zero-order valence-electron chi connectivity index (χ0n) is 11.1. The maximum absolute atomic E-state index is 11.7. The van der Waals surface area contributed by atoms with Crippen LogP contribution in [-0.2, 0) is 4.79 Å². The average molecular weight is 312 g/mol. The number of carbonyl (C=O) groups excluding carboxylic acids is 1. The Morgan fingerprint density at radius 2 is 2.05 bits per heavy atom. The summed E-state index contributed by atoms with van der Waals surface area (Å²) < 4.78 is 0. The van der Waals surface area contributed by atoms with Gasteiger partial charge >= 0.3 is 0 Å². The third-order valence-electron chi connectivity index (χ3n) is 3.35. The van der Waals surface area contributed by atoms with Gasteiger partial charge < -0.3 is 5.32 Å². The molecule has 4 nitrogen and oxygen atoms in total. The van der Waals surface area contributed by atoms with E-state index in [0.29, 0.717) is 22.5 Å². The highest BCUT2D eigenvalue weighted by Gasteiger charge is 2.18. The molecule has 2 rings (SSSR count). The minimum absolute atomic E-state index is 0.0212. The molecule has 3 N–H and O–H groups in total. The average Bonchev–Trinajstić information content (AvgIpc) is 2.89. The molecule has 1 saturated carbocycles. The van der Waals surface area contributed by atoms with E-state index in [0.717, 1.165) is 18.5 Å². The third-order valence-corrected chi connectivity index (χ3v) is 3.79. The van der Waals surface area contributed by atoms with Gasteiger partial charge in [0, 0.05) is 17.1 Å². The number of thiocarbonyl (C=S) groups is 1. The van der Waals surface area contributed by atoms with E-state index in [1.54, 1.807) is 12.1 Å². The van der Waals surface area contributed by atoms with E-state index >= 15 is 0 Å². The van der Waals surface area contributed by atoms with E-state index in [9.17, 15) is 4.79 Å². The van der Waals surface area contributed by atoms with Crippen LogP contribution in [0.1, 0.15) is 32.1 Å². The molecule has 0 saturated heterocycles. The molecule has 0 bridgehead atoms. The van der Waals surface area contributed by atoms with Crippen LogP contribution in [0.25, 0.3) is 0 Å². The van der Waals surface area contributed by atoms with Crippen molar-refractivity contribution < 1.29 is 4.79 Å². The summed E-state index contributed by atoms with van der Waals surface area (Å²) in [7, 11) is 0. The maximum Gasteiger partial charge on any atom is 0.238 e. The fraction of sp³-hybridized carbons (Fsp3) is 0.429. The maximum atomic E-state index is 11.7. The topological polar surface area (TPSA) is 53.2 Å². The van der Waals surface area contributed by atoms with Gasteiger partial charge in [0.25, 0.3) is 0 Å². The predicted molar refractivity (Wildman–Crippen MR) is 85.5 cm³/mol. The van der Waals surface area contributed by atoms with Crippen molar-refractivity contribution in [1.82, 2.24) is 10.9 Å². The molecule has 1 aromatic rings. The molecule has 108 valence electrons. The summed E-state index contributed by atoms with van der Waals surface area (Å²) in [6, 6.07) is 7.22. The molecule has 1 aromatic carbocycles. The fourth-order valence-corrected chi connectivity index (χ4v) is 2.74. The van der Waals surface area contributed by atoms with Crippen LogP contribution >= 0.6 is 23.8 Å². The van der Waals surface area contributed by atoms with Crippen LogP contribution < -0.4 is 16.2 Å². The van der Waals surface area contributed by atoms with Crippen molar-refractivity contribution in [3.05, 3.63) is 29.3 Å². The first-order chi connectivity index (χ1) is 9.63. The van der Waals surface area contributed by atoms with Gasteiger partial charge in [-0.25, -0.2) is 0 Å². The van der Waals surface area contributed by atoms with Gasteiger partial charge in [0.15, 0.2) is 5.11 Å². The van der Waals surface area contributed by atoms with Crippen molar-refractivity contribution in [3.8, 4) is 0 Å². The Hall–Kier alpha value is -1.33. The van der Waals surface area contributed by atoms with Crippen molar-refractivity contribution >= 4 is 40.5 Å². The van der Waals surface area contributed by atoms with E-state index < -0.39 is 0 Å². The predicted octanol–water partition coefficient (Wildman–Crippen LogP) is 3.24. The Kier molecular flexibility index (Phi) is 5.61. The largest absolute Gasteiger partial charge is 0.331 e. The number of nitrogens with one attached hydrogen (secondary N) is 3. The van der Waals surface area contributed by atoms with Crippen LogP contribution in [0, 0.1) is 5.92 Å². The minimum atomic E-state index is -0.0212. The molecule has 6 heteroatoms. The molecule has 20 heavy (non-hydrogen) atoms. The molecule has 1 aliphatic carbocycles. The number of hydrogen-bond donors (Lipinski definition) is 3. The van der Waals surface area contributed by atoms with Gasteiger partial charge in [0.1, 0.15) is 0 Å². The number of anilines is 1. The van der Waals surface area contributed by atoms with Gasteiger partial charge in [-0.05, 0) is 49.2 Å². The highest BCUT2D eigenvalue weighted by Crippen LogP contribution is 2.27. The Morgan fingerprint density at radius 3 is 2.75 bits per heavy atom. The number of hydrogen-bond acceptors (Lipinski definition) is 2.